The van der Waals surface area contributed by atoms with Crippen LogP contribution in [0.2, 0.25) is 0 Å². The Labute approximate surface area is 45.6 Å². The molecule has 1 radical (unpaired) electrons. The Morgan fingerprint density at radius 3 is 1.83 bits per heavy atom. The van der Waals surface area contributed by atoms with Gasteiger partial charge in [0.15, 0.2) is 9.84 Å². The van der Waals surface area contributed by atoms with Gasteiger partial charge in [0.05, 0.1) is 6.26 Å². The molecule has 0 aromatic heterocycles. The maximum Gasteiger partial charge on any atom is 0.161 e. The zero-order chi connectivity index (χ0) is 5.21. The molecule has 0 spiro atoms. The molecule has 0 aliphatic rings. The highest BCUT2D eigenvalue weighted by atomic mass is 79.9. The molecule has 2 nitrogen and oxygen atoms in total. The molecular formula is C2H4BrO2S. The lowest BCUT2D eigenvalue weighted by Crippen LogP contribution is -1.90. The standard InChI is InChI=1S/C2H4BrO2S/c1-6(4,5)2-3/h1-2H2. The molecular weight excluding hydrogens is 168 g/mol. The fourth-order valence-corrected chi connectivity index (χ4v) is 0. The fourth-order valence-electron chi connectivity index (χ4n) is 0. The van der Waals surface area contributed by atoms with E-state index < -0.39 is 9.84 Å². The van der Waals surface area contributed by atoms with E-state index in [9.17, 15) is 8.42 Å². The minimum absolute atomic E-state index is 0.0556. The lowest BCUT2D eigenvalue weighted by Gasteiger charge is -1.78. The number of hydrogen-bond donors (Lipinski definition) is 0. The second kappa shape index (κ2) is 1.93. The van der Waals surface area contributed by atoms with Crippen LogP contribution < -0.4 is 0 Å². The topological polar surface area (TPSA) is 34.1 Å². The third-order valence-electron chi connectivity index (χ3n) is 0.166. The molecule has 0 aromatic rings. The zero-order valence-corrected chi connectivity index (χ0v) is 5.42. The lowest BCUT2D eigenvalue weighted by atomic mass is 11.9. The van der Waals surface area contributed by atoms with Gasteiger partial charge >= 0.3 is 0 Å². The van der Waals surface area contributed by atoms with E-state index in [0.29, 0.717) is 0 Å². The summed E-state index contributed by atoms with van der Waals surface area (Å²) in [6.45, 7) is 0. The first-order valence-corrected chi connectivity index (χ1v) is 4.12. The molecule has 37 valence electrons. The smallest absolute Gasteiger partial charge is 0.161 e. The fraction of sp³-hybridized carbons (Fsp3) is 0.500. The highest BCUT2D eigenvalue weighted by Gasteiger charge is 1.93. The van der Waals surface area contributed by atoms with Crippen LogP contribution in [-0.4, -0.2) is 13.1 Å². The number of hydrogen-bond acceptors (Lipinski definition) is 2. The van der Waals surface area contributed by atoms with Crippen LogP contribution in [0.1, 0.15) is 0 Å². The van der Waals surface area contributed by atoms with Crippen LogP contribution >= 0.6 is 15.9 Å². The molecule has 0 saturated heterocycles. The Morgan fingerprint density at radius 2 is 1.83 bits per heavy atom. The average Bonchev–Trinajstić information content (AvgIpc) is 1.35. The molecule has 0 bridgehead atoms. The number of halogens is 1. The Bertz CT molecular complexity index is 114. The van der Waals surface area contributed by atoms with Crippen LogP contribution in [0.25, 0.3) is 0 Å². The van der Waals surface area contributed by atoms with E-state index in [1.807, 2.05) is 0 Å². The molecule has 4 heteroatoms. The van der Waals surface area contributed by atoms with Gasteiger partial charge in [0.2, 0.25) is 0 Å². The second-order valence-corrected chi connectivity index (χ2v) is 3.93. The summed E-state index contributed by atoms with van der Waals surface area (Å²) in [4.78, 5) is 0. The summed E-state index contributed by atoms with van der Waals surface area (Å²) in [7, 11) is -3.00. The molecule has 0 unspecified atom stereocenters. The highest BCUT2D eigenvalue weighted by molar-refractivity contribution is 9.10. The summed E-state index contributed by atoms with van der Waals surface area (Å²) in [5, 5.41) is 0. The molecule has 0 atom stereocenters. The largest absolute Gasteiger partial charge is 0.228 e. The van der Waals surface area contributed by atoms with E-state index in [1.54, 1.807) is 0 Å². The maximum absolute atomic E-state index is 9.84. The third kappa shape index (κ3) is 4.43. The van der Waals surface area contributed by atoms with Crippen molar-refractivity contribution in [3.63, 3.8) is 0 Å². The average molecular weight is 172 g/mol. The Kier molecular flexibility index (Phi) is 2.07. The molecule has 0 fully saturated rings. The van der Waals surface area contributed by atoms with Gasteiger partial charge in [-0.1, -0.05) is 15.9 Å². The van der Waals surface area contributed by atoms with Crippen LogP contribution in [0.15, 0.2) is 0 Å². The van der Waals surface area contributed by atoms with Gasteiger partial charge in [0, 0.05) is 0 Å². The maximum atomic E-state index is 9.84. The van der Waals surface area contributed by atoms with Gasteiger partial charge < -0.3 is 0 Å². The number of sulfone groups is 1. The van der Waals surface area contributed by atoms with Crippen LogP contribution in [0.4, 0.5) is 0 Å². The first-order valence-electron chi connectivity index (χ1n) is 1.18. The van der Waals surface area contributed by atoms with Gasteiger partial charge in [-0.2, -0.15) is 0 Å². The summed E-state index contributed by atoms with van der Waals surface area (Å²) in [5.41, 5.74) is 0. The molecule has 0 aromatic carbocycles. The first kappa shape index (κ1) is 6.43. The second-order valence-electron chi connectivity index (χ2n) is 0.853. The van der Waals surface area contributed by atoms with Gasteiger partial charge in [0.1, 0.15) is 4.66 Å². The summed E-state index contributed by atoms with van der Waals surface area (Å²) in [5.74, 6) is 0. The Hall–Kier alpha value is 0.430. The first-order chi connectivity index (χ1) is 2.56. The molecule has 0 N–H and O–H groups in total. The van der Waals surface area contributed by atoms with Crippen molar-refractivity contribution in [2.75, 3.05) is 4.66 Å². The predicted octanol–water partition coefficient (Wildman–Crippen LogP) is 0.545. The van der Waals surface area contributed by atoms with E-state index in [4.69, 9.17) is 0 Å². The molecule has 0 saturated carbocycles. The van der Waals surface area contributed by atoms with Crippen molar-refractivity contribution in [1.82, 2.24) is 0 Å². The highest BCUT2D eigenvalue weighted by Crippen LogP contribution is 1.89. The van der Waals surface area contributed by atoms with Crippen LogP contribution in [0.3, 0.4) is 0 Å². The van der Waals surface area contributed by atoms with E-state index in [0.717, 1.165) is 0 Å². The van der Waals surface area contributed by atoms with Crippen molar-refractivity contribution < 1.29 is 8.42 Å². The summed E-state index contributed by atoms with van der Waals surface area (Å²) in [6.07, 6.45) is 2.81. The molecule has 0 rings (SSSR count). The van der Waals surface area contributed by atoms with E-state index >= 15 is 0 Å². The monoisotopic (exact) mass is 171 g/mol. The van der Waals surface area contributed by atoms with Crippen molar-refractivity contribution in [3.8, 4) is 0 Å². The van der Waals surface area contributed by atoms with E-state index in [2.05, 4.69) is 22.2 Å². The molecule has 0 amide bonds. The quantitative estimate of drug-likeness (QED) is 0.541. The van der Waals surface area contributed by atoms with Gasteiger partial charge in [-0.3, -0.25) is 0 Å². The van der Waals surface area contributed by atoms with Gasteiger partial charge in [-0.15, -0.1) is 0 Å². The molecule has 0 aliphatic heterocycles. The Morgan fingerprint density at radius 1 is 1.67 bits per heavy atom. The van der Waals surface area contributed by atoms with Gasteiger partial charge in [-0.05, 0) is 0 Å². The molecule has 0 heterocycles. The number of rotatable bonds is 1. The summed E-state index contributed by atoms with van der Waals surface area (Å²) < 4.78 is 19.6. The van der Waals surface area contributed by atoms with Gasteiger partial charge in [0.25, 0.3) is 0 Å². The van der Waals surface area contributed by atoms with Crippen molar-refractivity contribution in [2.45, 2.75) is 0 Å². The van der Waals surface area contributed by atoms with Crippen LogP contribution in [0.5, 0.6) is 0 Å². The third-order valence-corrected chi connectivity index (χ3v) is 2.59. The SMILES string of the molecule is [CH2]S(=O)(=O)CBr. The minimum atomic E-state index is -3.00. The summed E-state index contributed by atoms with van der Waals surface area (Å²) in [6, 6.07) is 0. The number of alkyl halides is 1. The van der Waals surface area contributed by atoms with E-state index in [1.165, 1.54) is 0 Å². The Balaban J connectivity index is 3.85. The zero-order valence-electron chi connectivity index (χ0n) is 3.02. The normalized spacial score (nSPS) is 11.7. The van der Waals surface area contributed by atoms with Crippen LogP contribution in [-0.2, 0) is 9.84 Å². The van der Waals surface area contributed by atoms with Crippen molar-refractivity contribution >= 4 is 25.8 Å². The van der Waals surface area contributed by atoms with Crippen LogP contribution in [0, 0.1) is 6.26 Å². The molecule has 0 aliphatic carbocycles. The van der Waals surface area contributed by atoms with Gasteiger partial charge in [-0.25, -0.2) is 8.42 Å². The lowest BCUT2D eigenvalue weighted by molar-refractivity contribution is 0.609. The van der Waals surface area contributed by atoms with Crippen molar-refractivity contribution in [3.05, 3.63) is 6.26 Å². The van der Waals surface area contributed by atoms with E-state index in [-0.39, 0.29) is 4.66 Å². The summed E-state index contributed by atoms with van der Waals surface area (Å²) >= 11 is 2.72. The molecule has 6 heavy (non-hydrogen) atoms. The minimum Gasteiger partial charge on any atom is -0.228 e. The van der Waals surface area contributed by atoms with Crippen molar-refractivity contribution in [1.29, 1.82) is 0 Å². The predicted molar refractivity (Wildman–Crippen MR) is 28.1 cm³/mol. The van der Waals surface area contributed by atoms with Crippen molar-refractivity contribution in [2.24, 2.45) is 0 Å².